The summed E-state index contributed by atoms with van der Waals surface area (Å²) in [6, 6.07) is 12.1. The van der Waals surface area contributed by atoms with E-state index in [1.54, 1.807) is 0 Å². The maximum Gasteiger partial charge on any atom is 0.150 e. The van der Waals surface area contributed by atoms with E-state index >= 15 is 0 Å². The van der Waals surface area contributed by atoms with Gasteiger partial charge in [-0.1, -0.05) is 12.1 Å². The van der Waals surface area contributed by atoms with Crippen LogP contribution >= 0.6 is 0 Å². The van der Waals surface area contributed by atoms with Gasteiger partial charge in [0.25, 0.3) is 0 Å². The van der Waals surface area contributed by atoms with Crippen LogP contribution in [0.1, 0.15) is 25.1 Å². The van der Waals surface area contributed by atoms with E-state index < -0.39 is 9.84 Å². The highest BCUT2D eigenvalue weighted by molar-refractivity contribution is 7.91. The molecule has 0 spiro atoms. The van der Waals surface area contributed by atoms with E-state index in [-0.39, 0.29) is 23.3 Å². The summed E-state index contributed by atoms with van der Waals surface area (Å²) in [5.74, 6) is 1.12. The third-order valence-corrected chi connectivity index (χ3v) is 6.56. The Labute approximate surface area is 147 Å². The van der Waals surface area contributed by atoms with Gasteiger partial charge in [-0.25, -0.2) is 13.4 Å². The molecule has 0 N–H and O–H groups in total. The Hall–Kier alpha value is -2.38. The van der Waals surface area contributed by atoms with Crippen LogP contribution < -0.4 is 0 Å². The van der Waals surface area contributed by atoms with Crippen molar-refractivity contribution in [1.29, 1.82) is 10.5 Å². The lowest BCUT2D eigenvalue weighted by atomic mass is 10.0. The van der Waals surface area contributed by atoms with Crippen molar-refractivity contribution in [3.63, 3.8) is 0 Å². The molecule has 1 aromatic heterocycles. The number of aromatic nitrogens is 2. The molecule has 0 saturated carbocycles. The van der Waals surface area contributed by atoms with Crippen LogP contribution in [-0.4, -0.2) is 29.5 Å². The normalized spacial score (nSPS) is 20.2. The summed E-state index contributed by atoms with van der Waals surface area (Å²) in [6.07, 6.45) is 2.14. The fraction of sp³-hybridized carbons (Fsp3) is 0.500. The summed E-state index contributed by atoms with van der Waals surface area (Å²) < 4.78 is 25.5. The van der Waals surface area contributed by atoms with Crippen LogP contribution in [0.15, 0.2) is 24.3 Å². The van der Waals surface area contributed by atoms with Crippen molar-refractivity contribution in [2.75, 3.05) is 11.5 Å². The summed E-state index contributed by atoms with van der Waals surface area (Å²) in [4.78, 5) is 4.69. The maximum atomic E-state index is 11.7. The molecule has 2 heterocycles. The Morgan fingerprint density at radius 1 is 1.32 bits per heavy atom. The molecule has 25 heavy (non-hydrogen) atoms. The lowest BCUT2D eigenvalue weighted by Crippen LogP contribution is -2.15. The third kappa shape index (κ3) is 4.00. The van der Waals surface area contributed by atoms with Gasteiger partial charge in [-0.2, -0.15) is 10.5 Å². The van der Waals surface area contributed by atoms with Gasteiger partial charge in [-0.05, 0) is 30.9 Å². The van der Waals surface area contributed by atoms with Crippen LogP contribution in [-0.2, 0) is 22.8 Å². The molecule has 2 atom stereocenters. The van der Waals surface area contributed by atoms with Gasteiger partial charge in [-0.15, -0.1) is 0 Å². The molecule has 7 heteroatoms. The SMILES string of the molecule is N#CCC[C@H](C#N)Cn1c(C[C@@H]2CCS(=O)(=O)C2)nc2ccccc21. The van der Waals surface area contributed by atoms with E-state index in [0.717, 1.165) is 16.9 Å². The topological polar surface area (TPSA) is 99.5 Å². The molecular weight excluding hydrogens is 336 g/mol. The Morgan fingerprint density at radius 2 is 2.12 bits per heavy atom. The summed E-state index contributed by atoms with van der Waals surface area (Å²) in [5, 5.41) is 18.2. The van der Waals surface area contributed by atoms with Crippen LogP contribution in [0.5, 0.6) is 0 Å². The van der Waals surface area contributed by atoms with Gasteiger partial charge in [0, 0.05) is 19.4 Å². The molecule has 0 aliphatic carbocycles. The zero-order chi connectivity index (χ0) is 17.9. The van der Waals surface area contributed by atoms with Crippen molar-refractivity contribution in [1.82, 2.24) is 9.55 Å². The minimum absolute atomic E-state index is 0.0835. The highest BCUT2D eigenvalue weighted by Gasteiger charge is 2.29. The average molecular weight is 356 g/mol. The number of sulfone groups is 1. The summed E-state index contributed by atoms with van der Waals surface area (Å²) in [7, 11) is -2.92. The van der Waals surface area contributed by atoms with E-state index in [9.17, 15) is 13.7 Å². The molecule has 1 aliphatic heterocycles. The first kappa shape index (κ1) is 17.4. The molecule has 0 unspecified atom stereocenters. The van der Waals surface area contributed by atoms with E-state index in [1.165, 1.54) is 0 Å². The zero-order valence-electron chi connectivity index (χ0n) is 13.9. The summed E-state index contributed by atoms with van der Waals surface area (Å²) >= 11 is 0. The van der Waals surface area contributed by atoms with Crippen molar-refractivity contribution >= 4 is 20.9 Å². The molecule has 1 aliphatic rings. The number of hydrogen-bond donors (Lipinski definition) is 0. The van der Waals surface area contributed by atoms with E-state index in [1.807, 2.05) is 28.8 Å². The van der Waals surface area contributed by atoms with Crippen LogP contribution in [0, 0.1) is 34.5 Å². The van der Waals surface area contributed by atoms with Gasteiger partial charge in [-0.3, -0.25) is 0 Å². The molecule has 130 valence electrons. The van der Waals surface area contributed by atoms with Gasteiger partial charge in [0.15, 0.2) is 9.84 Å². The molecule has 1 saturated heterocycles. The first-order chi connectivity index (χ1) is 12.0. The number of fused-ring (bicyclic) bond motifs is 1. The van der Waals surface area contributed by atoms with E-state index in [2.05, 4.69) is 17.1 Å². The lowest BCUT2D eigenvalue weighted by Gasteiger charge is -2.14. The van der Waals surface area contributed by atoms with Crippen molar-refractivity contribution in [3.8, 4) is 12.1 Å². The van der Waals surface area contributed by atoms with Gasteiger partial charge >= 0.3 is 0 Å². The quantitative estimate of drug-likeness (QED) is 0.791. The molecule has 2 aromatic rings. The predicted octanol–water partition coefficient (Wildman–Crippen LogP) is 2.46. The van der Waals surface area contributed by atoms with E-state index in [4.69, 9.17) is 5.26 Å². The number of nitrogens with zero attached hydrogens (tertiary/aromatic N) is 4. The monoisotopic (exact) mass is 356 g/mol. The van der Waals surface area contributed by atoms with Gasteiger partial charge in [0.2, 0.25) is 0 Å². The molecule has 0 radical (unpaired) electrons. The maximum absolute atomic E-state index is 11.7. The minimum atomic E-state index is -2.92. The number of rotatable bonds is 6. The standard InChI is InChI=1S/C18H20N4O2S/c19-8-3-4-15(11-20)12-22-17-6-2-1-5-16(17)21-18(22)10-14-7-9-25(23,24)13-14/h1-2,5-6,14-15H,3-4,7,9-10,12-13H2/t14-,15+/m0/s1. The van der Waals surface area contributed by atoms with E-state index in [0.29, 0.717) is 32.2 Å². The predicted molar refractivity (Wildman–Crippen MR) is 94.1 cm³/mol. The molecule has 1 fully saturated rings. The molecule has 0 bridgehead atoms. The number of para-hydroxylation sites is 2. The van der Waals surface area contributed by atoms with Crippen LogP contribution in [0.4, 0.5) is 0 Å². The zero-order valence-corrected chi connectivity index (χ0v) is 14.7. The molecule has 3 rings (SSSR count). The first-order valence-corrected chi connectivity index (χ1v) is 10.3. The van der Waals surface area contributed by atoms with Gasteiger partial charge < -0.3 is 4.57 Å². The number of benzene rings is 1. The van der Waals surface area contributed by atoms with Gasteiger partial charge in [0.1, 0.15) is 5.82 Å². The average Bonchev–Trinajstić information content (AvgIpc) is 3.11. The highest BCUT2D eigenvalue weighted by atomic mass is 32.2. The fourth-order valence-electron chi connectivity index (χ4n) is 3.43. The molecule has 1 aromatic carbocycles. The Morgan fingerprint density at radius 3 is 2.80 bits per heavy atom. The third-order valence-electron chi connectivity index (χ3n) is 4.72. The van der Waals surface area contributed by atoms with Crippen molar-refractivity contribution in [3.05, 3.63) is 30.1 Å². The Kier molecular flexibility index (Phi) is 5.06. The molecule has 0 amide bonds. The lowest BCUT2D eigenvalue weighted by molar-refractivity contribution is 0.485. The number of nitriles is 2. The summed E-state index contributed by atoms with van der Waals surface area (Å²) in [6.45, 7) is 0.480. The van der Waals surface area contributed by atoms with Crippen molar-refractivity contribution in [2.45, 2.75) is 32.2 Å². The van der Waals surface area contributed by atoms with Crippen molar-refractivity contribution in [2.24, 2.45) is 11.8 Å². The fourth-order valence-corrected chi connectivity index (χ4v) is 5.29. The Bertz CT molecular complexity index is 950. The largest absolute Gasteiger partial charge is 0.327 e. The number of hydrogen-bond acceptors (Lipinski definition) is 5. The molecule has 6 nitrogen and oxygen atoms in total. The van der Waals surface area contributed by atoms with Crippen molar-refractivity contribution < 1.29 is 8.42 Å². The van der Waals surface area contributed by atoms with Crippen LogP contribution in [0.2, 0.25) is 0 Å². The minimum Gasteiger partial charge on any atom is -0.327 e. The smallest absolute Gasteiger partial charge is 0.150 e. The highest BCUT2D eigenvalue weighted by Crippen LogP contribution is 2.26. The molecular formula is C18H20N4O2S. The second kappa shape index (κ2) is 7.25. The first-order valence-electron chi connectivity index (χ1n) is 8.43. The summed E-state index contributed by atoms with van der Waals surface area (Å²) in [5.41, 5.74) is 1.81. The van der Waals surface area contributed by atoms with Crippen LogP contribution in [0.3, 0.4) is 0 Å². The van der Waals surface area contributed by atoms with Gasteiger partial charge in [0.05, 0.1) is 40.6 Å². The second-order valence-corrected chi connectivity index (χ2v) is 8.85. The second-order valence-electron chi connectivity index (χ2n) is 6.62. The van der Waals surface area contributed by atoms with Crippen LogP contribution in [0.25, 0.3) is 11.0 Å². The Balaban J connectivity index is 1.89. The number of imidazole rings is 1.